The van der Waals surface area contributed by atoms with Crippen LogP contribution in [0.25, 0.3) is 15.9 Å². The van der Waals surface area contributed by atoms with Crippen molar-refractivity contribution in [3.63, 3.8) is 0 Å². The van der Waals surface area contributed by atoms with Gasteiger partial charge in [0.25, 0.3) is 0 Å². The van der Waals surface area contributed by atoms with Crippen molar-refractivity contribution in [3.8, 4) is 0 Å². The molecule has 0 saturated carbocycles. The number of hydrogen-bond donors (Lipinski definition) is 1. The number of nitrogens with zero attached hydrogens (tertiary/aromatic N) is 5. The van der Waals surface area contributed by atoms with E-state index in [1.807, 2.05) is 18.2 Å². The van der Waals surface area contributed by atoms with Crippen LogP contribution in [0.5, 0.6) is 0 Å². The highest BCUT2D eigenvalue weighted by atomic mass is 15.3. The predicted octanol–water partition coefficient (Wildman–Crippen LogP) is 3.36. The molecule has 2 saturated heterocycles. The fourth-order valence-corrected chi connectivity index (χ4v) is 4.33. The normalized spacial score (nSPS) is 22.0. The summed E-state index contributed by atoms with van der Waals surface area (Å²) in [5.74, 6) is 1.03. The Bertz CT molecular complexity index is 1010. The van der Waals surface area contributed by atoms with Crippen LogP contribution in [0.3, 0.4) is 0 Å². The Kier molecular flexibility index (Phi) is 3.83. The third-order valence-electron chi connectivity index (χ3n) is 5.86. The first-order chi connectivity index (χ1) is 13.3. The van der Waals surface area contributed by atoms with Gasteiger partial charge in [-0.15, -0.1) is 0 Å². The average Bonchev–Trinajstić information content (AvgIpc) is 3.06. The Morgan fingerprint density at radius 1 is 1.19 bits per heavy atom. The summed E-state index contributed by atoms with van der Waals surface area (Å²) in [7, 11) is 0. The molecule has 0 amide bonds. The van der Waals surface area contributed by atoms with Gasteiger partial charge in [-0.3, -0.25) is 4.98 Å². The zero-order valence-corrected chi connectivity index (χ0v) is 15.2. The third-order valence-corrected chi connectivity index (χ3v) is 5.86. The number of fused-ring (bicyclic) bond motifs is 1. The Morgan fingerprint density at radius 2 is 2.07 bits per heavy atom. The van der Waals surface area contributed by atoms with Crippen LogP contribution >= 0.6 is 0 Å². The number of pyridine rings is 1. The second-order valence-electron chi connectivity index (χ2n) is 7.59. The van der Waals surface area contributed by atoms with Crippen LogP contribution < -0.4 is 10.2 Å². The SMILES string of the molecule is [C-]#[N+]c1ccc(Cn2c(N3CCC[C@]4(CCN4)C3)nc3ccccc32)nc1. The molecule has 2 aliphatic rings. The summed E-state index contributed by atoms with van der Waals surface area (Å²) in [6.07, 6.45) is 5.34. The van der Waals surface area contributed by atoms with E-state index in [4.69, 9.17) is 11.6 Å². The summed E-state index contributed by atoms with van der Waals surface area (Å²) in [4.78, 5) is 15.3. The Labute approximate surface area is 158 Å². The summed E-state index contributed by atoms with van der Waals surface area (Å²) in [5.41, 5.74) is 3.94. The quantitative estimate of drug-likeness (QED) is 0.730. The van der Waals surface area contributed by atoms with Crippen molar-refractivity contribution < 1.29 is 0 Å². The van der Waals surface area contributed by atoms with E-state index in [-0.39, 0.29) is 5.54 Å². The lowest BCUT2D eigenvalue weighted by Gasteiger charge is -2.50. The number of para-hydroxylation sites is 2. The molecule has 4 heterocycles. The lowest BCUT2D eigenvalue weighted by Crippen LogP contribution is -2.65. The molecule has 3 aromatic rings. The number of piperidine rings is 1. The first-order valence-corrected chi connectivity index (χ1v) is 9.54. The minimum absolute atomic E-state index is 0.275. The van der Waals surface area contributed by atoms with Crippen LogP contribution in [-0.4, -0.2) is 39.7 Å². The van der Waals surface area contributed by atoms with Gasteiger partial charge in [0.15, 0.2) is 0 Å². The van der Waals surface area contributed by atoms with Crippen LogP contribution in [0.2, 0.25) is 0 Å². The van der Waals surface area contributed by atoms with Crippen molar-refractivity contribution in [2.75, 3.05) is 24.5 Å². The number of rotatable bonds is 3. The topological polar surface area (TPSA) is 50.3 Å². The summed E-state index contributed by atoms with van der Waals surface area (Å²) in [6, 6.07) is 12.1. The van der Waals surface area contributed by atoms with E-state index < -0.39 is 0 Å². The smallest absolute Gasteiger partial charge is 0.206 e. The number of benzene rings is 1. The van der Waals surface area contributed by atoms with Gasteiger partial charge in [-0.2, -0.15) is 0 Å². The predicted molar refractivity (Wildman–Crippen MR) is 106 cm³/mol. The van der Waals surface area contributed by atoms with Crippen LogP contribution in [0.15, 0.2) is 42.6 Å². The molecule has 1 spiro atoms. The first-order valence-electron chi connectivity index (χ1n) is 9.54. The average molecular weight is 358 g/mol. The lowest BCUT2D eigenvalue weighted by atomic mass is 9.80. The molecular formula is C21H22N6. The molecule has 1 aromatic carbocycles. The van der Waals surface area contributed by atoms with E-state index in [1.54, 1.807) is 6.20 Å². The molecule has 2 aliphatic heterocycles. The van der Waals surface area contributed by atoms with E-state index in [1.165, 1.54) is 19.3 Å². The van der Waals surface area contributed by atoms with Crippen molar-refractivity contribution in [2.24, 2.45) is 0 Å². The molecule has 0 bridgehead atoms. The number of imidazole rings is 1. The Morgan fingerprint density at radius 3 is 2.81 bits per heavy atom. The van der Waals surface area contributed by atoms with E-state index in [0.717, 1.165) is 42.3 Å². The molecular weight excluding hydrogens is 336 g/mol. The Balaban J connectivity index is 1.53. The molecule has 27 heavy (non-hydrogen) atoms. The molecule has 1 atom stereocenters. The highest BCUT2D eigenvalue weighted by Gasteiger charge is 2.41. The monoisotopic (exact) mass is 358 g/mol. The van der Waals surface area contributed by atoms with Gasteiger partial charge in [-0.1, -0.05) is 18.2 Å². The molecule has 2 fully saturated rings. The highest BCUT2D eigenvalue weighted by molar-refractivity contribution is 5.79. The highest BCUT2D eigenvalue weighted by Crippen LogP contribution is 2.33. The van der Waals surface area contributed by atoms with Crippen LogP contribution in [-0.2, 0) is 6.54 Å². The molecule has 6 heteroatoms. The van der Waals surface area contributed by atoms with Crippen molar-refractivity contribution in [3.05, 3.63) is 59.7 Å². The maximum Gasteiger partial charge on any atom is 0.206 e. The van der Waals surface area contributed by atoms with Gasteiger partial charge in [0.2, 0.25) is 11.6 Å². The van der Waals surface area contributed by atoms with Gasteiger partial charge in [-0.05, 0) is 44.0 Å². The van der Waals surface area contributed by atoms with Crippen LogP contribution in [0, 0.1) is 6.57 Å². The number of aromatic nitrogens is 3. The molecule has 0 unspecified atom stereocenters. The van der Waals surface area contributed by atoms with Gasteiger partial charge < -0.3 is 14.8 Å². The summed E-state index contributed by atoms with van der Waals surface area (Å²) >= 11 is 0. The van der Waals surface area contributed by atoms with Crippen LogP contribution in [0.1, 0.15) is 25.0 Å². The van der Waals surface area contributed by atoms with Gasteiger partial charge in [0.05, 0.1) is 29.8 Å². The van der Waals surface area contributed by atoms with E-state index in [9.17, 15) is 0 Å². The van der Waals surface area contributed by atoms with Gasteiger partial charge in [-0.25, -0.2) is 9.83 Å². The fraction of sp³-hybridized carbons (Fsp3) is 0.381. The van der Waals surface area contributed by atoms with Crippen molar-refractivity contribution in [2.45, 2.75) is 31.3 Å². The summed E-state index contributed by atoms with van der Waals surface area (Å²) in [5, 5.41) is 3.66. The number of hydrogen-bond acceptors (Lipinski definition) is 4. The molecule has 136 valence electrons. The lowest BCUT2D eigenvalue weighted by molar-refractivity contribution is 0.173. The van der Waals surface area contributed by atoms with E-state index in [0.29, 0.717) is 12.2 Å². The standard InChI is InChI=1S/C21H22N6/c1-22-16-7-8-17(23-13-16)14-27-19-6-3-2-5-18(19)25-20(27)26-12-4-9-21(15-26)10-11-24-21/h2-3,5-8,13,24H,4,9-12,14-15H2/t21-/m0/s1. The van der Waals surface area contributed by atoms with Crippen molar-refractivity contribution >= 4 is 22.7 Å². The molecule has 5 rings (SSSR count). The number of nitrogens with one attached hydrogen (secondary N) is 1. The second-order valence-corrected chi connectivity index (χ2v) is 7.59. The minimum Gasteiger partial charge on any atom is -0.340 e. The van der Waals surface area contributed by atoms with Crippen molar-refractivity contribution in [1.29, 1.82) is 0 Å². The van der Waals surface area contributed by atoms with Crippen molar-refractivity contribution in [1.82, 2.24) is 19.9 Å². The van der Waals surface area contributed by atoms with Crippen LogP contribution in [0.4, 0.5) is 11.6 Å². The molecule has 1 N–H and O–H groups in total. The molecule has 2 aromatic heterocycles. The maximum atomic E-state index is 7.10. The minimum atomic E-state index is 0.275. The summed E-state index contributed by atoms with van der Waals surface area (Å²) in [6.45, 7) is 10.9. The molecule has 0 radical (unpaired) electrons. The summed E-state index contributed by atoms with van der Waals surface area (Å²) < 4.78 is 2.27. The molecule has 0 aliphatic carbocycles. The zero-order chi connectivity index (χ0) is 18.3. The number of anilines is 1. The fourth-order valence-electron chi connectivity index (χ4n) is 4.33. The Hall–Kier alpha value is -2.91. The third kappa shape index (κ3) is 2.84. The van der Waals surface area contributed by atoms with Gasteiger partial charge in [0.1, 0.15) is 0 Å². The first kappa shape index (κ1) is 16.3. The maximum absolute atomic E-state index is 7.10. The largest absolute Gasteiger partial charge is 0.340 e. The van der Waals surface area contributed by atoms with E-state index >= 15 is 0 Å². The van der Waals surface area contributed by atoms with Gasteiger partial charge in [0, 0.05) is 24.8 Å². The second kappa shape index (κ2) is 6.36. The van der Waals surface area contributed by atoms with E-state index in [2.05, 4.69) is 42.8 Å². The van der Waals surface area contributed by atoms with Gasteiger partial charge >= 0.3 is 0 Å². The molecule has 6 nitrogen and oxygen atoms in total. The zero-order valence-electron chi connectivity index (χ0n) is 15.2.